The van der Waals surface area contributed by atoms with Crippen LogP contribution >= 0.6 is 11.3 Å². The molecule has 0 saturated carbocycles. The molecule has 0 amide bonds. The number of carbonyl (C=O) groups is 1. The molecule has 1 heterocycles. The Balaban J connectivity index is 2.55. The monoisotopic (exact) mass is 232 g/mol. The minimum Gasteiger partial charge on any atom is -0.465 e. The van der Waals surface area contributed by atoms with Crippen LogP contribution in [-0.2, 0) is 4.74 Å². The third kappa shape index (κ3) is 1.86. The minimum absolute atomic E-state index is 0.266. The number of benzene rings is 1. The molecule has 0 N–H and O–H groups in total. The van der Waals surface area contributed by atoms with Gasteiger partial charge in [0.25, 0.3) is 0 Å². The van der Waals surface area contributed by atoms with Crippen LogP contribution in [0.5, 0.6) is 0 Å². The molecule has 2 nitrogen and oxygen atoms in total. The highest BCUT2D eigenvalue weighted by Gasteiger charge is 2.17. The van der Waals surface area contributed by atoms with Crippen LogP contribution in [0.25, 0.3) is 11.1 Å². The first kappa shape index (κ1) is 10.9. The van der Waals surface area contributed by atoms with Crippen LogP contribution in [-0.4, -0.2) is 13.1 Å². The van der Waals surface area contributed by atoms with Gasteiger partial charge in [0.2, 0.25) is 0 Å². The van der Waals surface area contributed by atoms with E-state index in [0.29, 0.717) is 5.56 Å². The molecular formula is C13H12O2S. The van der Waals surface area contributed by atoms with Gasteiger partial charge in [-0.05, 0) is 17.9 Å². The lowest BCUT2D eigenvalue weighted by Gasteiger charge is -2.03. The van der Waals surface area contributed by atoms with Crippen molar-refractivity contribution in [1.82, 2.24) is 0 Å². The van der Waals surface area contributed by atoms with Crippen molar-refractivity contribution in [3.63, 3.8) is 0 Å². The second-order valence-corrected chi connectivity index (χ2v) is 4.52. The van der Waals surface area contributed by atoms with Crippen molar-refractivity contribution < 1.29 is 9.53 Å². The zero-order valence-corrected chi connectivity index (χ0v) is 10.0. The number of hydrogen-bond acceptors (Lipinski definition) is 3. The number of esters is 1. The van der Waals surface area contributed by atoms with Gasteiger partial charge in [-0.25, -0.2) is 4.79 Å². The van der Waals surface area contributed by atoms with Crippen molar-refractivity contribution in [3.8, 4) is 11.1 Å². The number of aryl methyl sites for hydroxylation is 1. The normalized spacial score (nSPS) is 10.1. The van der Waals surface area contributed by atoms with Crippen molar-refractivity contribution in [2.75, 3.05) is 7.11 Å². The van der Waals surface area contributed by atoms with Gasteiger partial charge in [0, 0.05) is 10.4 Å². The minimum atomic E-state index is -0.266. The van der Waals surface area contributed by atoms with Crippen molar-refractivity contribution in [2.45, 2.75) is 6.92 Å². The van der Waals surface area contributed by atoms with Gasteiger partial charge in [-0.15, -0.1) is 11.3 Å². The number of thiophene rings is 1. The molecule has 0 radical (unpaired) electrons. The number of carbonyl (C=O) groups excluding carboxylic acids is 1. The van der Waals surface area contributed by atoms with Gasteiger partial charge in [0.05, 0.1) is 12.7 Å². The van der Waals surface area contributed by atoms with Crippen LogP contribution in [0.1, 0.15) is 15.2 Å². The van der Waals surface area contributed by atoms with Gasteiger partial charge in [0.15, 0.2) is 0 Å². The summed E-state index contributed by atoms with van der Waals surface area (Å²) in [7, 11) is 1.41. The lowest BCUT2D eigenvalue weighted by atomic mass is 10.0. The van der Waals surface area contributed by atoms with E-state index in [-0.39, 0.29) is 5.97 Å². The van der Waals surface area contributed by atoms with Crippen LogP contribution in [0.2, 0.25) is 0 Å². The van der Waals surface area contributed by atoms with E-state index in [4.69, 9.17) is 4.74 Å². The summed E-state index contributed by atoms with van der Waals surface area (Å²) in [5, 5.41) is 2.00. The van der Waals surface area contributed by atoms with Crippen LogP contribution < -0.4 is 0 Å². The maximum atomic E-state index is 11.7. The molecule has 0 atom stereocenters. The Labute approximate surface area is 98.5 Å². The molecule has 0 aliphatic carbocycles. The fourth-order valence-electron chi connectivity index (χ4n) is 1.64. The summed E-state index contributed by atoms with van der Waals surface area (Å²) in [6, 6.07) is 9.87. The molecule has 0 aliphatic heterocycles. The first-order valence-electron chi connectivity index (χ1n) is 4.96. The van der Waals surface area contributed by atoms with Crippen LogP contribution in [0.4, 0.5) is 0 Å². The maximum Gasteiger partial charge on any atom is 0.339 e. The second-order valence-electron chi connectivity index (χ2n) is 3.44. The van der Waals surface area contributed by atoms with E-state index < -0.39 is 0 Å². The smallest absolute Gasteiger partial charge is 0.339 e. The molecule has 3 heteroatoms. The standard InChI is InChI=1S/C13H12O2S/c1-9-12(13(14)15-2)11(8-16-9)10-6-4-3-5-7-10/h3-8H,1-2H3. The predicted molar refractivity (Wildman–Crippen MR) is 65.8 cm³/mol. The summed E-state index contributed by atoms with van der Waals surface area (Å²) in [6.07, 6.45) is 0. The highest BCUT2D eigenvalue weighted by molar-refractivity contribution is 7.10. The number of ether oxygens (including phenoxy) is 1. The fourth-order valence-corrected chi connectivity index (χ4v) is 2.50. The SMILES string of the molecule is COC(=O)c1c(-c2ccccc2)csc1C. The largest absolute Gasteiger partial charge is 0.465 e. The summed E-state index contributed by atoms with van der Waals surface area (Å²) >= 11 is 1.57. The molecule has 82 valence electrons. The third-order valence-electron chi connectivity index (χ3n) is 2.45. The van der Waals surface area contributed by atoms with Crippen LogP contribution in [0, 0.1) is 6.92 Å². The number of hydrogen-bond donors (Lipinski definition) is 0. The Morgan fingerprint density at radius 3 is 2.56 bits per heavy atom. The molecule has 0 fully saturated rings. The summed E-state index contributed by atoms with van der Waals surface area (Å²) in [4.78, 5) is 12.7. The van der Waals surface area contributed by atoms with Gasteiger partial charge in [-0.2, -0.15) is 0 Å². The predicted octanol–water partition coefficient (Wildman–Crippen LogP) is 3.51. The average molecular weight is 232 g/mol. The highest BCUT2D eigenvalue weighted by atomic mass is 32.1. The van der Waals surface area contributed by atoms with E-state index in [1.807, 2.05) is 42.6 Å². The van der Waals surface area contributed by atoms with Crippen LogP contribution in [0.15, 0.2) is 35.7 Å². The molecule has 2 rings (SSSR count). The molecule has 16 heavy (non-hydrogen) atoms. The Morgan fingerprint density at radius 1 is 1.25 bits per heavy atom. The molecule has 0 bridgehead atoms. The number of methoxy groups -OCH3 is 1. The van der Waals surface area contributed by atoms with Gasteiger partial charge < -0.3 is 4.74 Å². The topological polar surface area (TPSA) is 26.3 Å². The maximum absolute atomic E-state index is 11.7. The summed E-state index contributed by atoms with van der Waals surface area (Å²) in [5.41, 5.74) is 2.68. The van der Waals surface area contributed by atoms with Crippen LogP contribution in [0.3, 0.4) is 0 Å². The van der Waals surface area contributed by atoms with Gasteiger partial charge >= 0.3 is 5.97 Å². The third-order valence-corrected chi connectivity index (χ3v) is 3.36. The molecule has 0 aliphatic rings. The number of rotatable bonds is 2. The fraction of sp³-hybridized carbons (Fsp3) is 0.154. The van der Waals surface area contributed by atoms with E-state index in [1.54, 1.807) is 11.3 Å². The first-order chi connectivity index (χ1) is 7.74. The highest BCUT2D eigenvalue weighted by Crippen LogP contribution is 2.31. The summed E-state index contributed by atoms with van der Waals surface area (Å²) < 4.78 is 4.81. The van der Waals surface area contributed by atoms with Crippen molar-refractivity contribution in [3.05, 3.63) is 46.2 Å². The van der Waals surface area contributed by atoms with E-state index in [0.717, 1.165) is 16.0 Å². The quantitative estimate of drug-likeness (QED) is 0.741. The molecule has 1 aromatic heterocycles. The zero-order chi connectivity index (χ0) is 11.5. The van der Waals surface area contributed by atoms with E-state index in [9.17, 15) is 4.79 Å². The molecule has 0 spiro atoms. The lowest BCUT2D eigenvalue weighted by Crippen LogP contribution is -2.02. The van der Waals surface area contributed by atoms with Crippen molar-refractivity contribution in [2.24, 2.45) is 0 Å². The zero-order valence-electron chi connectivity index (χ0n) is 9.19. The lowest BCUT2D eigenvalue weighted by molar-refractivity contribution is 0.0601. The molecule has 0 unspecified atom stereocenters. The summed E-state index contributed by atoms with van der Waals surface area (Å²) in [6.45, 7) is 1.93. The Bertz CT molecular complexity index is 500. The van der Waals surface area contributed by atoms with Gasteiger partial charge in [-0.3, -0.25) is 0 Å². The first-order valence-corrected chi connectivity index (χ1v) is 5.84. The average Bonchev–Trinajstić information content (AvgIpc) is 2.71. The van der Waals surface area contributed by atoms with Gasteiger partial charge in [-0.1, -0.05) is 30.3 Å². The molecule has 2 aromatic rings. The van der Waals surface area contributed by atoms with E-state index in [2.05, 4.69) is 0 Å². The Hall–Kier alpha value is -1.61. The van der Waals surface area contributed by atoms with Crippen molar-refractivity contribution in [1.29, 1.82) is 0 Å². The summed E-state index contributed by atoms with van der Waals surface area (Å²) in [5.74, 6) is -0.266. The Morgan fingerprint density at radius 2 is 1.94 bits per heavy atom. The second kappa shape index (κ2) is 4.49. The van der Waals surface area contributed by atoms with E-state index >= 15 is 0 Å². The Kier molecular flexibility index (Phi) is 3.06. The van der Waals surface area contributed by atoms with E-state index in [1.165, 1.54) is 7.11 Å². The van der Waals surface area contributed by atoms with Crippen molar-refractivity contribution >= 4 is 17.3 Å². The van der Waals surface area contributed by atoms with Gasteiger partial charge in [0.1, 0.15) is 0 Å². The molecule has 1 aromatic carbocycles. The molecule has 0 saturated heterocycles. The molecular weight excluding hydrogens is 220 g/mol.